The summed E-state index contributed by atoms with van der Waals surface area (Å²) < 4.78 is 6.83. The summed E-state index contributed by atoms with van der Waals surface area (Å²) in [6.07, 6.45) is 1.95. The van der Waals surface area contributed by atoms with Crippen LogP contribution >= 0.6 is 22.6 Å². The molecule has 182 valence electrons. The number of aliphatic hydroxyl groups is 1. The molecule has 1 heterocycles. The number of Topliss-reactive ketones (excluding diaryl/α,β-unsaturated/α-hetero) is 1. The molecular formula is C27H33IN2O4. The zero-order valence-corrected chi connectivity index (χ0v) is 22.2. The monoisotopic (exact) mass is 576 g/mol. The van der Waals surface area contributed by atoms with Gasteiger partial charge in [-0.2, -0.15) is 0 Å². The molecular weight excluding hydrogens is 543 g/mol. The number of hydrogen-bond donors (Lipinski definition) is 1. The second-order valence-electron chi connectivity index (χ2n) is 8.30. The molecule has 3 rings (SSSR count). The van der Waals surface area contributed by atoms with Crippen LogP contribution in [0.25, 0.3) is 5.76 Å². The molecule has 0 aliphatic carbocycles. The van der Waals surface area contributed by atoms with Gasteiger partial charge in [0.15, 0.2) is 0 Å². The highest BCUT2D eigenvalue weighted by atomic mass is 127. The summed E-state index contributed by atoms with van der Waals surface area (Å²) in [4.78, 5) is 30.1. The van der Waals surface area contributed by atoms with Crippen LogP contribution in [0.1, 0.15) is 50.8 Å². The molecule has 1 N–H and O–H groups in total. The van der Waals surface area contributed by atoms with Crippen LogP contribution in [-0.4, -0.2) is 59.4 Å². The number of unbranched alkanes of at least 4 members (excludes halogenated alkanes) is 1. The number of nitrogens with zero attached hydrogens (tertiary/aromatic N) is 2. The predicted octanol–water partition coefficient (Wildman–Crippen LogP) is 5.23. The Morgan fingerprint density at radius 2 is 1.79 bits per heavy atom. The number of amides is 1. The molecule has 1 aliphatic heterocycles. The first-order valence-corrected chi connectivity index (χ1v) is 13.0. The number of rotatable bonds is 11. The molecule has 2 aromatic carbocycles. The quantitative estimate of drug-likeness (QED) is 0.130. The molecule has 1 aliphatic rings. The Morgan fingerprint density at radius 1 is 1.09 bits per heavy atom. The van der Waals surface area contributed by atoms with Crippen LogP contribution in [0.3, 0.4) is 0 Å². The highest BCUT2D eigenvalue weighted by molar-refractivity contribution is 14.1. The van der Waals surface area contributed by atoms with Gasteiger partial charge in [0.05, 0.1) is 18.2 Å². The van der Waals surface area contributed by atoms with E-state index < -0.39 is 17.7 Å². The van der Waals surface area contributed by atoms with E-state index in [0.717, 1.165) is 35.1 Å². The van der Waals surface area contributed by atoms with Crippen molar-refractivity contribution in [3.05, 3.63) is 68.8 Å². The van der Waals surface area contributed by atoms with Gasteiger partial charge < -0.3 is 19.6 Å². The van der Waals surface area contributed by atoms with Gasteiger partial charge >= 0.3 is 0 Å². The summed E-state index contributed by atoms with van der Waals surface area (Å²) in [5.74, 6) is -0.780. The van der Waals surface area contributed by atoms with E-state index in [2.05, 4.69) is 48.3 Å². The average molecular weight is 576 g/mol. The average Bonchev–Trinajstić information content (AvgIpc) is 3.10. The van der Waals surface area contributed by atoms with Crippen molar-refractivity contribution < 1.29 is 19.4 Å². The van der Waals surface area contributed by atoms with Crippen LogP contribution in [-0.2, 0) is 9.59 Å². The minimum absolute atomic E-state index is 0.122. The summed E-state index contributed by atoms with van der Waals surface area (Å²) in [5, 5.41) is 11.3. The molecule has 0 aromatic heterocycles. The molecule has 0 spiro atoms. The van der Waals surface area contributed by atoms with Crippen LogP contribution in [0.15, 0.2) is 54.1 Å². The summed E-state index contributed by atoms with van der Waals surface area (Å²) in [6, 6.07) is 14.2. The molecule has 0 saturated carbocycles. The zero-order chi connectivity index (χ0) is 24.7. The van der Waals surface area contributed by atoms with Gasteiger partial charge in [0.1, 0.15) is 11.5 Å². The molecule has 6 nitrogen and oxygen atoms in total. The lowest BCUT2D eigenvalue weighted by molar-refractivity contribution is -0.140. The normalized spacial score (nSPS) is 17.6. The van der Waals surface area contributed by atoms with E-state index in [1.165, 1.54) is 0 Å². The van der Waals surface area contributed by atoms with E-state index in [4.69, 9.17) is 4.74 Å². The van der Waals surface area contributed by atoms with E-state index in [9.17, 15) is 14.7 Å². The van der Waals surface area contributed by atoms with Gasteiger partial charge in [-0.1, -0.05) is 51.5 Å². The Balaban J connectivity index is 2.03. The zero-order valence-electron chi connectivity index (χ0n) is 20.1. The fourth-order valence-corrected chi connectivity index (χ4v) is 4.47. The molecule has 2 aromatic rings. The fraction of sp³-hybridized carbons (Fsp3) is 0.407. The van der Waals surface area contributed by atoms with Crippen molar-refractivity contribution in [3.63, 3.8) is 0 Å². The number of carbonyl (C=O) groups excluding carboxylic acids is 2. The Bertz CT molecular complexity index is 1030. The molecule has 1 atom stereocenters. The molecule has 1 amide bonds. The van der Waals surface area contributed by atoms with E-state index in [1.54, 1.807) is 23.1 Å². The fourth-order valence-electron chi connectivity index (χ4n) is 4.11. The molecule has 0 bridgehead atoms. The summed E-state index contributed by atoms with van der Waals surface area (Å²) in [5.41, 5.74) is 1.39. The Kier molecular flexibility index (Phi) is 9.53. The van der Waals surface area contributed by atoms with Crippen LogP contribution in [0, 0.1) is 3.57 Å². The summed E-state index contributed by atoms with van der Waals surface area (Å²) >= 11 is 2.22. The van der Waals surface area contributed by atoms with E-state index in [-0.39, 0.29) is 11.3 Å². The molecule has 1 fully saturated rings. The maximum Gasteiger partial charge on any atom is 0.295 e. The van der Waals surface area contributed by atoms with E-state index in [1.807, 2.05) is 30.3 Å². The van der Waals surface area contributed by atoms with Crippen LogP contribution in [0.5, 0.6) is 5.75 Å². The minimum Gasteiger partial charge on any atom is -0.507 e. The predicted molar refractivity (Wildman–Crippen MR) is 143 cm³/mol. The number of likely N-dealkylation sites (tertiary alicyclic amines) is 1. The first-order chi connectivity index (χ1) is 16.4. The van der Waals surface area contributed by atoms with Gasteiger partial charge in [0, 0.05) is 22.2 Å². The third-order valence-corrected chi connectivity index (χ3v) is 6.87. The standard InChI is InChI=1S/C27H33IN2O4/c1-4-7-17-34-22-10-8-9-20(18-22)25(31)23-24(19-11-13-21(28)14-12-19)30(27(33)26(23)32)16-15-29(5-2)6-3/h8-14,18,24,31H,4-7,15-17H2,1-3H3. The number of halogens is 1. The topological polar surface area (TPSA) is 70.1 Å². The van der Waals surface area contributed by atoms with Crippen molar-refractivity contribution in [2.75, 3.05) is 32.8 Å². The van der Waals surface area contributed by atoms with Crippen LogP contribution < -0.4 is 4.74 Å². The SMILES string of the molecule is CCCCOc1cccc(C(O)=C2C(=O)C(=O)N(CCN(CC)CC)C2c2ccc(I)cc2)c1. The Morgan fingerprint density at radius 3 is 2.44 bits per heavy atom. The number of likely N-dealkylation sites (N-methyl/N-ethyl adjacent to an activating group) is 1. The number of aliphatic hydroxyl groups excluding tert-OH is 1. The van der Waals surface area contributed by atoms with Crippen LogP contribution in [0.4, 0.5) is 0 Å². The van der Waals surface area contributed by atoms with Gasteiger partial charge in [-0.05, 0) is 71.9 Å². The maximum atomic E-state index is 13.2. The van der Waals surface area contributed by atoms with E-state index >= 15 is 0 Å². The van der Waals surface area contributed by atoms with Crippen molar-refractivity contribution in [3.8, 4) is 5.75 Å². The number of benzene rings is 2. The highest BCUT2D eigenvalue weighted by Crippen LogP contribution is 2.39. The lowest BCUT2D eigenvalue weighted by Crippen LogP contribution is -2.38. The number of carbonyl (C=O) groups is 2. The minimum atomic E-state index is -0.655. The second-order valence-corrected chi connectivity index (χ2v) is 9.55. The lowest BCUT2D eigenvalue weighted by Gasteiger charge is -2.28. The molecule has 7 heteroatoms. The third-order valence-electron chi connectivity index (χ3n) is 6.15. The van der Waals surface area contributed by atoms with Crippen molar-refractivity contribution in [2.45, 2.75) is 39.7 Å². The summed E-state index contributed by atoms with van der Waals surface area (Å²) in [7, 11) is 0. The van der Waals surface area contributed by atoms with E-state index in [0.29, 0.717) is 31.0 Å². The number of ketones is 1. The first-order valence-electron chi connectivity index (χ1n) is 11.9. The van der Waals surface area contributed by atoms with Crippen molar-refractivity contribution >= 4 is 40.0 Å². The molecule has 1 unspecified atom stereocenters. The molecule has 1 saturated heterocycles. The van der Waals surface area contributed by atoms with Crippen molar-refractivity contribution in [2.24, 2.45) is 0 Å². The number of hydrogen-bond acceptors (Lipinski definition) is 5. The smallest absolute Gasteiger partial charge is 0.295 e. The molecule has 0 radical (unpaired) electrons. The van der Waals surface area contributed by atoms with Gasteiger partial charge in [-0.3, -0.25) is 9.59 Å². The lowest BCUT2D eigenvalue weighted by atomic mass is 9.95. The second kappa shape index (κ2) is 12.4. The Hall–Kier alpha value is -2.39. The Labute approximate surface area is 215 Å². The third kappa shape index (κ3) is 5.99. The highest BCUT2D eigenvalue weighted by Gasteiger charge is 2.45. The molecule has 34 heavy (non-hydrogen) atoms. The van der Waals surface area contributed by atoms with Crippen LogP contribution in [0.2, 0.25) is 0 Å². The van der Waals surface area contributed by atoms with Crippen molar-refractivity contribution in [1.29, 1.82) is 0 Å². The van der Waals surface area contributed by atoms with Gasteiger partial charge in [0.2, 0.25) is 0 Å². The van der Waals surface area contributed by atoms with Gasteiger partial charge in [0.25, 0.3) is 11.7 Å². The maximum absolute atomic E-state index is 13.2. The summed E-state index contributed by atoms with van der Waals surface area (Å²) in [6.45, 7) is 9.60. The first kappa shape index (κ1) is 26.2. The number of ether oxygens (including phenoxy) is 1. The van der Waals surface area contributed by atoms with Crippen molar-refractivity contribution in [1.82, 2.24) is 9.80 Å². The van der Waals surface area contributed by atoms with Gasteiger partial charge in [-0.25, -0.2) is 0 Å². The van der Waals surface area contributed by atoms with Gasteiger partial charge in [-0.15, -0.1) is 0 Å². The largest absolute Gasteiger partial charge is 0.507 e.